The van der Waals surface area contributed by atoms with Gasteiger partial charge in [-0.3, -0.25) is 4.79 Å². The second-order valence-corrected chi connectivity index (χ2v) is 45.0. The van der Waals surface area contributed by atoms with Crippen LogP contribution < -0.4 is 34.1 Å². The monoisotopic (exact) mass is 2080 g/mol. The molecule has 9 rings (SSSR count). The molecule has 5 aromatic carbocycles. The number of esters is 2. The summed E-state index contributed by atoms with van der Waals surface area (Å²) < 4.78 is 180. The van der Waals surface area contributed by atoms with E-state index in [-0.39, 0.29) is 99.9 Å². The highest BCUT2D eigenvalue weighted by Crippen LogP contribution is 2.41. The van der Waals surface area contributed by atoms with Crippen molar-refractivity contribution in [2.45, 2.75) is 240 Å². The van der Waals surface area contributed by atoms with Crippen molar-refractivity contribution < 1.29 is 120 Å². The van der Waals surface area contributed by atoms with Crippen molar-refractivity contribution in [3.8, 4) is 28.7 Å². The SMILES string of the molecule is BrCC1CC1.C.CC(C)(C)OC(=O)CBr.COc1cc(C)c(S(=O)(=O)Cl)c(C)c1C.COc1cc(C)c(S(=O)(=O)N(CCO)CC2CC2)c(C)c1C.COc1cc(C)c(S(=O)(=O)N(CCOCC(=O)O)CC2CC2)c(C)c1C.COc1cc(C)c(S(=O)(=O)N(CCOCC(=O)OC(C)(C)C)CC2CC2)c(C)c1C.COc1cc(C)c(S(=O)(=O)NCCO)c(C)c1C.NCCO. The predicted molar refractivity (Wildman–Crippen MR) is 517 cm³/mol. The molecule has 0 spiro atoms. The lowest BCUT2D eigenvalue weighted by Crippen LogP contribution is -2.37. The van der Waals surface area contributed by atoms with E-state index in [4.69, 9.17) is 74.4 Å². The molecule has 31 nitrogen and oxygen atoms in total. The Balaban J connectivity index is 0.000000782. The van der Waals surface area contributed by atoms with E-state index in [0.717, 1.165) is 77.8 Å². The fourth-order valence-electron chi connectivity index (χ4n) is 13.3. The number of hydrogen-bond acceptors (Lipinski definition) is 26. The highest BCUT2D eigenvalue weighted by atomic mass is 79.9. The molecule has 0 unspecified atom stereocenters. The normalized spacial score (nSPS) is 13.8. The average molecular weight is 2080 g/mol. The van der Waals surface area contributed by atoms with Gasteiger partial charge in [0.15, 0.2) is 0 Å². The minimum absolute atomic E-state index is 0. The first-order valence-corrected chi connectivity index (χ1v) is 52.8. The lowest BCUT2D eigenvalue weighted by molar-refractivity contribution is -0.160. The maximum Gasteiger partial charge on any atom is 0.332 e. The summed E-state index contributed by atoms with van der Waals surface area (Å²) in [6.45, 7) is 39.2. The number of halogens is 3. The van der Waals surface area contributed by atoms with Crippen molar-refractivity contribution in [3.05, 3.63) is 114 Å². The zero-order valence-corrected chi connectivity index (χ0v) is 88.2. The summed E-state index contributed by atoms with van der Waals surface area (Å²) in [5.41, 5.74) is 14.5. The Labute approximate surface area is 797 Å². The third kappa shape index (κ3) is 39.4. The Morgan fingerprint density at radius 3 is 0.923 bits per heavy atom. The Kier molecular flexibility index (Phi) is 52.6. The van der Waals surface area contributed by atoms with Crippen LogP contribution in [0, 0.1) is 128 Å². The number of methoxy groups -OCH3 is 5. The van der Waals surface area contributed by atoms with Crippen LogP contribution in [0.15, 0.2) is 54.8 Å². The first-order chi connectivity index (χ1) is 59.8. The number of rotatable bonds is 37. The smallest absolute Gasteiger partial charge is 0.332 e. The quantitative estimate of drug-likeness (QED) is 0.00930. The van der Waals surface area contributed by atoms with E-state index in [2.05, 4.69) is 36.6 Å². The second kappa shape index (κ2) is 56.0. The predicted octanol–water partition coefficient (Wildman–Crippen LogP) is 14.0. The number of nitrogens with two attached hydrogens (primary N) is 1. The number of hydrogen-bond donors (Lipinski definition) is 6. The molecule has 0 heterocycles. The molecule has 7 N–H and O–H groups in total. The van der Waals surface area contributed by atoms with Gasteiger partial charge in [0.2, 0.25) is 40.1 Å². The maximum absolute atomic E-state index is 13.5. The highest BCUT2D eigenvalue weighted by molar-refractivity contribution is 9.09. The molecule has 0 amide bonds. The number of carbonyl (C=O) groups is 3. The van der Waals surface area contributed by atoms with E-state index in [1.165, 1.54) is 31.1 Å². The number of nitrogens with one attached hydrogen (secondary N) is 1. The van der Waals surface area contributed by atoms with Gasteiger partial charge in [0.1, 0.15) is 58.5 Å². The molecule has 5 aromatic rings. The molecule has 0 aliphatic heterocycles. The summed E-state index contributed by atoms with van der Waals surface area (Å²) in [5, 5.41) is 35.8. The number of nitrogens with zero attached hydrogens (tertiary/aromatic N) is 3. The number of sulfonamides is 4. The number of alkyl halides is 2. The van der Waals surface area contributed by atoms with Crippen LogP contribution in [0.4, 0.5) is 0 Å². The Morgan fingerprint density at radius 1 is 0.423 bits per heavy atom. The van der Waals surface area contributed by atoms with Gasteiger partial charge in [-0.25, -0.2) is 56.4 Å². The van der Waals surface area contributed by atoms with Gasteiger partial charge in [0.25, 0.3) is 9.05 Å². The maximum atomic E-state index is 13.5. The minimum Gasteiger partial charge on any atom is -0.496 e. The molecule has 4 aliphatic carbocycles. The van der Waals surface area contributed by atoms with Crippen molar-refractivity contribution in [1.29, 1.82) is 0 Å². The largest absolute Gasteiger partial charge is 0.496 e. The minimum atomic E-state index is -3.72. The molecular weight excluding hydrogens is 1930 g/mol. The zero-order chi connectivity index (χ0) is 99.0. The van der Waals surface area contributed by atoms with Gasteiger partial charge in [-0.15, -0.1) is 0 Å². The zero-order valence-electron chi connectivity index (χ0n) is 80.2. The molecule has 4 aliphatic rings. The molecule has 39 heteroatoms. The number of carbonyl (C=O) groups excluding carboxylic acids is 2. The van der Waals surface area contributed by atoms with E-state index in [1.807, 2.05) is 62.3 Å². The van der Waals surface area contributed by atoms with E-state index in [9.17, 15) is 61.6 Å². The molecule has 4 fully saturated rings. The number of aliphatic hydroxyl groups is 3. The van der Waals surface area contributed by atoms with Crippen LogP contribution in [-0.4, -0.2) is 249 Å². The van der Waals surface area contributed by atoms with Crippen molar-refractivity contribution in [2.24, 2.45) is 29.4 Å². The second-order valence-electron chi connectivity index (χ2n) is 34.0. The first kappa shape index (κ1) is 122. The number of aliphatic carboxylic acids is 1. The summed E-state index contributed by atoms with van der Waals surface area (Å²) in [4.78, 5) is 34.3. The van der Waals surface area contributed by atoms with Crippen LogP contribution in [0.25, 0.3) is 0 Å². The number of carboxylic acid groups (broad SMARTS) is 1. The topological polar surface area (TPSA) is 434 Å². The Morgan fingerprint density at radius 2 is 0.692 bits per heavy atom. The van der Waals surface area contributed by atoms with Crippen LogP contribution >= 0.6 is 42.5 Å². The summed E-state index contributed by atoms with van der Waals surface area (Å²) in [6, 6.07) is 8.66. The van der Waals surface area contributed by atoms with Crippen LogP contribution in [0.3, 0.4) is 0 Å². The van der Waals surface area contributed by atoms with Crippen molar-refractivity contribution in [3.63, 3.8) is 0 Å². The molecule has 0 radical (unpaired) electrons. The van der Waals surface area contributed by atoms with Crippen LogP contribution in [0.5, 0.6) is 28.7 Å². The first-order valence-electron chi connectivity index (χ1n) is 42.5. The number of aliphatic hydroxyl groups excluding tert-OH is 3. The Hall–Kier alpha value is -5.89. The molecule has 0 atom stereocenters. The molecule has 0 aromatic heterocycles. The summed E-state index contributed by atoms with van der Waals surface area (Å²) in [5.74, 6) is 3.87. The number of carboxylic acids is 1. The van der Waals surface area contributed by atoms with Crippen LogP contribution in [0.2, 0.25) is 0 Å². The highest BCUT2D eigenvalue weighted by Gasteiger charge is 2.38. The third-order valence-electron chi connectivity index (χ3n) is 20.9. The van der Waals surface area contributed by atoms with Crippen LogP contribution in [0.1, 0.15) is 184 Å². The van der Waals surface area contributed by atoms with Gasteiger partial charge >= 0.3 is 17.9 Å². The van der Waals surface area contributed by atoms with Crippen molar-refractivity contribution in [2.75, 3.05) is 145 Å². The molecule has 0 saturated heterocycles. The van der Waals surface area contributed by atoms with Gasteiger partial charge in [0, 0.05) is 68.4 Å². The van der Waals surface area contributed by atoms with Gasteiger partial charge in [-0.1, -0.05) is 39.3 Å². The molecule has 744 valence electrons. The molecule has 130 heavy (non-hydrogen) atoms. The summed E-state index contributed by atoms with van der Waals surface area (Å²) >= 11 is 6.37. The van der Waals surface area contributed by atoms with E-state index >= 15 is 0 Å². The number of aryl methyl sites for hydroxylation is 5. The van der Waals surface area contributed by atoms with Gasteiger partial charge in [-0.05, 0) is 334 Å². The van der Waals surface area contributed by atoms with Crippen LogP contribution in [-0.2, 0) is 82.5 Å². The van der Waals surface area contributed by atoms with Gasteiger partial charge < -0.3 is 68.8 Å². The fraction of sp³-hybridized carbons (Fsp3) is 0.637. The van der Waals surface area contributed by atoms with Gasteiger partial charge in [-0.2, -0.15) is 12.9 Å². The van der Waals surface area contributed by atoms with E-state index in [1.54, 1.807) is 149 Å². The standard InChI is InChI=1S/C22H35NO6S.C18H27NO6S.C16H25NO4S.C12H19NO4S.C10H13ClO3S.C6H11BrO2.C4H7Br.C2H7NO.CH4/c1-15-12-19(27-7)16(2)17(3)21(15)30(25,26)23(13-18-8-9-18)10-11-28-14-20(24)29-22(4,5)6;1-12-9-16(24-4)13(2)14(3)18(12)26(22,23)19(10-15-5-6-15)7-8-25-11-17(20)21;1-11-9-15(21-4)12(2)13(3)16(11)22(19,20)17(7-8-18)10-14-5-6-14;1-8-7-11(17-4)9(2)10(3)12(8)18(15,16)13-5-6-14;1-6-5-9(14-4)7(2)8(3)10(6)15(11,12)13;1-6(2,3)9-5(8)4-7;5-3-4-1-2-4;3-1-2-4;/h12,18H,8-11,13-14H2,1-7H3;9,15H,5-8,10-11H2,1-4H3,(H,20,21);9,14,18H,5-8,10H2,1-4H3;7,13-14H,5-6H2,1-4H3;5H,1-4H3;4H2,1-3H3;4H,1-3H2;4H,1-3H2;1H4. The lowest BCUT2D eigenvalue weighted by atomic mass is 10.1. The number of benzene rings is 5. The van der Waals surface area contributed by atoms with Crippen molar-refractivity contribution in [1.82, 2.24) is 17.6 Å². The third-order valence-corrected chi connectivity index (χ3v) is 32.1. The fourth-order valence-corrected chi connectivity index (χ4v) is 23.2. The van der Waals surface area contributed by atoms with Crippen molar-refractivity contribution >= 4 is 110 Å². The number of ether oxygens (including phenoxy) is 9. The van der Waals surface area contributed by atoms with Gasteiger partial charge in [0.05, 0.1) is 93.1 Å². The average Bonchev–Trinajstić information content (AvgIpc) is 1.70. The molecular formula is C91H148Br2ClN5O26S5. The Bertz CT molecular complexity index is 5110. The molecule has 0 bridgehead atoms. The summed E-state index contributed by atoms with van der Waals surface area (Å²) in [6.07, 6.45) is 9.16. The lowest BCUT2D eigenvalue weighted by Gasteiger charge is -2.25. The summed E-state index contributed by atoms with van der Waals surface area (Å²) in [7, 11) is -5.13. The molecule has 4 saturated carbocycles. The van der Waals surface area contributed by atoms with E-state index in [0.29, 0.717) is 137 Å². The van der Waals surface area contributed by atoms with E-state index < -0.39 is 73.3 Å².